The Balaban J connectivity index is 1.60. The van der Waals surface area contributed by atoms with Gasteiger partial charge in [0, 0.05) is 38.4 Å². The highest BCUT2D eigenvalue weighted by molar-refractivity contribution is 7.89. The molecule has 2 aliphatic rings. The fourth-order valence-corrected chi connectivity index (χ4v) is 4.84. The molecule has 2 aromatic carbocycles. The number of nitrogens with one attached hydrogen (secondary N) is 1. The zero-order chi connectivity index (χ0) is 24.1. The van der Waals surface area contributed by atoms with Crippen molar-refractivity contribution in [3.63, 3.8) is 0 Å². The maximum atomic E-state index is 14.0. The van der Waals surface area contributed by atoms with Crippen molar-refractivity contribution < 1.29 is 27.1 Å². The van der Waals surface area contributed by atoms with E-state index in [9.17, 15) is 17.6 Å². The van der Waals surface area contributed by atoms with Gasteiger partial charge < -0.3 is 19.7 Å². The molecule has 34 heavy (non-hydrogen) atoms. The fourth-order valence-electron chi connectivity index (χ4n) is 4.30. The highest BCUT2D eigenvalue weighted by Crippen LogP contribution is 2.26. The topological polar surface area (TPSA) is 114 Å². The second-order valence-electron chi connectivity index (χ2n) is 8.25. The summed E-state index contributed by atoms with van der Waals surface area (Å²) in [6, 6.07) is 10.4. The van der Waals surface area contributed by atoms with Gasteiger partial charge in [0.25, 0.3) is 5.91 Å². The van der Waals surface area contributed by atoms with E-state index in [-0.39, 0.29) is 28.9 Å². The normalized spacial score (nSPS) is 18.5. The van der Waals surface area contributed by atoms with E-state index >= 15 is 0 Å². The van der Waals surface area contributed by atoms with Crippen LogP contribution < -0.4 is 15.4 Å². The third kappa shape index (κ3) is 5.91. The number of hydrogen-bond acceptors (Lipinski definition) is 7. The third-order valence-electron chi connectivity index (χ3n) is 6.07. The van der Waals surface area contributed by atoms with Crippen LogP contribution in [0.4, 0.5) is 10.1 Å². The molecule has 184 valence electrons. The number of morpholine rings is 2. The lowest BCUT2D eigenvalue weighted by Crippen LogP contribution is -2.44. The summed E-state index contributed by atoms with van der Waals surface area (Å²) in [6.45, 7) is 4.80. The molecule has 0 saturated carbocycles. The SMILES string of the molecule is NS(=O)(=O)c1ccc(N2CCOCC2)c(C(=O)NCC(c2cccc(F)c2)N2CCOCC2)c1. The van der Waals surface area contributed by atoms with Crippen LogP contribution in [0.3, 0.4) is 0 Å². The zero-order valence-corrected chi connectivity index (χ0v) is 19.6. The van der Waals surface area contributed by atoms with Crippen LogP contribution in [0.5, 0.6) is 0 Å². The van der Waals surface area contributed by atoms with E-state index in [2.05, 4.69) is 10.2 Å². The molecule has 2 heterocycles. The first-order valence-corrected chi connectivity index (χ1v) is 12.7. The summed E-state index contributed by atoms with van der Waals surface area (Å²) in [7, 11) is -3.99. The van der Waals surface area contributed by atoms with Gasteiger partial charge in [-0.05, 0) is 35.9 Å². The van der Waals surface area contributed by atoms with E-state index in [0.717, 1.165) is 5.56 Å². The number of anilines is 1. The highest BCUT2D eigenvalue weighted by Gasteiger charge is 2.26. The van der Waals surface area contributed by atoms with Gasteiger partial charge in [-0.15, -0.1) is 0 Å². The summed E-state index contributed by atoms with van der Waals surface area (Å²) in [6.07, 6.45) is 0. The summed E-state index contributed by atoms with van der Waals surface area (Å²) in [5.74, 6) is -0.779. The first-order chi connectivity index (χ1) is 16.3. The van der Waals surface area contributed by atoms with Gasteiger partial charge in [-0.2, -0.15) is 0 Å². The number of carbonyl (C=O) groups excluding carboxylic acids is 1. The van der Waals surface area contributed by atoms with Gasteiger partial charge in [0.1, 0.15) is 5.82 Å². The molecule has 0 radical (unpaired) electrons. The third-order valence-corrected chi connectivity index (χ3v) is 6.98. The van der Waals surface area contributed by atoms with E-state index in [1.165, 1.54) is 24.3 Å². The molecule has 2 fully saturated rings. The maximum Gasteiger partial charge on any atom is 0.253 e. The summed E-state index contributed by atoms with van der Waals surface area (Å²) < 4.78 is 48.7. The van der Waals surface area contributed by atoms with E-state index in [1.807, 2.05) is 11.0 Å². The number of nitrogens with two attached hydrogens (primary N) is 1. The van der Waals surface area contributed by atoms with Crippen LogP contribution in [-0.4, -0.2) is 78.4 Å². The molecule has 0 bridgehead atoms. The summed E-state index contributed by atoms with van der Waals surface area (Å²) in [4.78, 5) is 17.3. The number of hydrogen-bond donors (Lipinski definition) is 2. The van der Waals surface area contributed by atoms with Crippen LogP contribution >= 0.6 is 0 Å². The van der Waals surface area contributed by atoms with Crippen molar-refractivity contribution in [2.24, 2.45) is 5.14 Å². The molecule has 3 N–H and O–H groups in total. The van der Waals surface area contributed by atoms with Crippen LogP contribution in [0.25, 0.3) is 0 Å². The van der Waals surface area contributed by atoms with Crippen LogP contribution in [0.15, 0.2) is 47.4 Å². The predicted octanol–water partition coefficient (Wildman–Crippen LogP) is 1.11. The molecule has 2 aromatic rings. The highest BCUT2D eigenvalue weighted by atomic mass is 32.2. The Kier molecular flexibility index (Phi) is 7.79. The van der Waals surface area contributed by atoms with Gasteiger partial charge >= 0.3 is 0 Å². The van der Waals surface area contributed by atoms with E-state index < -0.39 is 15.9 Å². The van der Waals surface area contributed by atoms with Gasteiger partial charge in [0.05, 0.1) is 42.9 Å². The predicted molar refractivity (Wildman–Crippen MR) is 125 cm³/mol. The van der Waals surface area contributed by atoms with Crippen molar-refractivity contribution in [1.29, 1.82) is 0 Å². The lowest BCUT2D eigenvalue weighted by atomic mass is 10.0. The second-order valence-corrected chi connectivity index (χ2v) is 9.81. The monoisotopic (exact) mass is 492 g/mol. The average molecular weight is 493 g/mol. The van der Waals surface area contributed by atoms with Crippen LogP contribution in [-0.2, 0) is 19.5 Å². The van der Waals surface area contributed by atoms with Gasteiger partial charge in [0.2, 0.25) is 10.0 Å². The van der Waals surface area contributed by atoms with Gasteiger partial charge in [0.15, 0.2) is 0 Å². The van der Waals surface area contributed by atoms with E-state index in [4.69, 9.17) is 14.6 Å². The Hall–Kier alpha value is -2.57. The number of nitrogens with zero attached hydrogens (tertiary/aromatic N) is 2. The summed E-state index contributed by atoms with van der Waals surface area (Å²) in [5.41, 5.74) is 1.57. The summed E-state index contributed by atoms with van der Waals surface area (Å²) in [5, 5.41) is 8.25. The van der Waals surface area contributed by atoms with Crippen molar-refractivity contribution >= 4 is 21.6 Å². The van der Waals surface area contributed by atoms with E-state index in [1.54, 1.807) is 12.1 Å². The second kappa shape index (κ2) is 10.8. The first kappa shape index (κ1) is 24.6. The van der Waals surface area contributed by atoms with E-state index in [0.29, 0.717) is 58.3 Å². The Morgan fingerprint density at radius 1 is 1.03 bits per heavy atom. The van der Waals surface area contributed by atoms with Crippen molar-refractivity contribution in [2.75, 3.05) is 64.1 Å². The number of primary sulfonamides is 1. The number of sulfonamides is 1. The number of benzene rings is 2. The van der Waals surface area contributed by atoms with Crippen LogP contribution in [0.1, 0.15) is 22.0 Å². The largest absolute Gasteiger partial charge is 0.379 e. The molecule has 4 rings (SSSR count). The molecule has 1 atom stereocenters. The number of carbonyl (C=O) groups is 1. The first-order valence-electron chi connectivity index (χ1n) is 11.2. The van der Waals surface area contributed by atoms with Crippen molar-refractivity contribution in [1.82, 2.24) is 10.2 Å². The Morgan fingerprint density at radius 2 is 1.71 bits per heavy atom. The molecule has 0 aromatic heterocycles. The Bertz CT molecular complexity index is 1120. The molecule has 0 aliphatic carbocycles. The molecule has 11 heteroatoms. The standard InChI is InChI=1S/C23H29FN4O5S/c24-18-3-1-2-17(14-18)22(28-8-12-33-13-9-28)16-26-23(29)20-15-19(34(25,30)31)4-5-21(20)27-6-10-32-11-7-27/h1-5,14-15,22H,6-13,16H2,(H,26,29)(H2,25,30,31). The van der Waals surface area contributed by atoms with Gasteiger partial charge in [-0.1, -0.05) is 12.1 Å². The van der Waals surface area contributed by atoms with Crippen molar-refractivity contribution in [3.8, 4) is 0 Å². The molecular formula is C23H29FN4O5S. The lowest BCUT2D eigenvalue weighted by molar-refractivity contribution is 0.0162. The summed E-state index contributed by atoms with van der Waals surface area (Å²) >= 11 is 0. The molecule has 2 aliphatic heterocycles. The Labute approximate surface area is 198 Å². The minimum absolute atomic E-state index is 0.135. The molecule has 0 spiro atoms. The number of rotatable bonds is 7. The smallest absolute Gasteiger partial charge is 0.253 e. The van der Waals surface area contributed by atoms with Gasteiger partial charge in [-0.25, -0.2) is 17.9 Å². The molecule has 9 nitrogen and oxygen atoms in total. The van der Waals surface area contributed by atoms with Crippen LogP contribution in [0, 0.1) is 5.82 Å². The Morgan fingerprint density at radius 3 is 2.35 bits per heavy atom. The zero-order valence-electron chi connectivity index (χ0n) is 18.8. The molecular weight excluding hydrogens is 463 g/mol. The number of halogens is 1. The minimum Gasteiger partial charge on any atom is -0.379 e. The minimum atomic E-state index is -3.99. The molecule has 2 saturated heterocycles. The number of amides is 1. The maximum absolute atomic E-state index is 14.0. The van der Waals surface area contributed by atoms with Gasteiger partial charge in [-0.3, -0.25) is 9.69 Å². The fraction of sp³-hybridized carbons (Fsp3) is 0.435. The molecule has 1 amide bonds. The lowest BCUT2D eigenvalue weighted by Gasteiger charge is -2.35. The van der Waals surface area contributed by atoms with Crippen LogP contribution in [0.2, 0.25) is 0 Å². The molecule has 1 unspecified atom stereocenters. The van der Waals surface area contributed by atoms with Crippen molar-refractivity contribution in [3.05, 3.63) is 59.4 Å². The quantitative estimate of drug-likeness (QED) is 0.595. The van der Waals surface area contributed by atoms with Crippen molar-refractivity contribution in [2.45, 2.75) is 10.9 Å². The average Bonchev–Trinajstić information content (AvgIpc) is 2.84. The number of ether oxygens (including phenoxy) is 2.